The maximum Gasteiger partial charge on any atom is 0.434 e. The number of nitrogens with zero attached hydrogens (tertiary/aromatic N) is 2. The van der Waals surface area contributed by atoms with Crippen molar-refractivity contribution >= 4 is 56.9 Å². The predicted molar refractivity (Wildman–Crippen MR) is 180 cm³/mol. The first kappa shape index (κ1) is 35.9. The van der Waals surface area contributed by atoms with Gasteiger partial charge in [0.15, 0.2) is 22.0 Å². The number of rotatable bonds is 10. The van der Waals surface area contributed by atoms with Gasteiger partial charge in [-0.25, -0.2) is 14.6 Å². The normalized spacial score (nSPS) is 14.6. The van der Waals surface area contributed by atoms with Gasteiger partial charge >= 0.3 is 18.1 Å². The number of ether oxygens (including phenoxy) is 4. The molecule has 9 nitrogen and oxygen atoms in total. The number of fused-ring (bicyclic) bond motifs is 1. The van der Waals surface area contributed by atoms with Gasteiger partial charge in [0.05, 0.1) is 42.0 Å². The van der Waals surface area contributed by atoms with Crippen molar-refractivity contribution in [2.75, 3.05) is 20.3 Å². The largest absolute Gasteiger partial charge is 0.493 e. The molecule has 3 aromatic carbocycles. The number of alkyl halides is 3. The van der Waals surface area contributed by atoms with Crippen LogP contribution in [0.2, 0.25) is 5.02 Å². The van der Waals surface area contributed by atoms with Gasteiger partial charge in [-0.15, -0.1) is 0 Å². The molecular formula is C34H27BrClF3N2O7S. The van der Waals surface area contributed by atoms with Crippen molar-refractivity contribution in [2.24, 2.45) is 4.99 Å². The van der Waals surface area contributed by atoms with Crippen LogP contribution in [0.4, 0.5) is 13.2 Å². The highest BCUT2D eigenvalue weighted by atomic mass is 79.9. The maximum atomic E-state index is 14.5. The molecular weight excluding hydrogens is 753 g/mol. The zero-order valence-corrected chi connectivity index (χ0v) is 29.3. The van der Waals surface area contributed by atoms with Crippen LogP contribution in [0, 0.1) is 0 Å². The molecule has 0 unspecified atom stereocenters. The fourth-order valence-electron chi connectivity index (χ4n) is 5.05. The summed E-state index contributed by atoms with van der Waals surface area (Å²) in [5.41, 5.74) is -1.34. The van der Waals surface area contributed by atoms with E-state index in [-0.39, 0.29) is 40.5 Å². The van der Waals surface area contributed by atoms with E-state index in [1.54, 1.807) is 43.3 Å². The number of allylic oxidation sites excluding steroid dienone is 1. The van der Waals surface area contributed by atoms with Crippen molar-refractivity contribution in [1.82, 2.24) is 4.57 Å². The second-order valence-corrected chi connectivity index (χ2v) is 12.7. The first-order chi connectivity index (χ1) is 23.4. The predicted octanol–water partition coefficient (Wildman–Crippen LogP) is 6.52. The minimum atomic E-state index is -5.05. The summed E-state index contributed by atoms with van der Waals surface area (Å²) in [4.78, 5) is 42.7. The second kappa shape index (κ2) is 15.0. The summed E-state index contributed by atoms with van der Waals surface area (Å²) in [6.07, 6.45) is -3.59. The fraction of sp³-hybridized carbons (Fsp3) is 0.235. The third kappa shape index (κ3) is 7.76. The van der Waals surface area contributed by atoms with E-state index in [9.17, 15) is 27.6 Å². The third-order valence-corrected chi connectivity index (χ3v) is 8.88. The number of hydrogen-bond donors (Lipinski definition) is 0. The molecule has 1 aliphatic heterocycles. The minimum Gasteiger partial charge on any atom is -0.493 e. The number of thiazole rings is 1. The van der Waals surface area contributed by atoms with E-state index in [2.05, 4.69) is 20.9 Å². The molecule has 0 amide bonds. The lowest BCUT2D eigenvalue weighted by Gasteiger charge is -2.26. The summed E-state index contributed by atoms with van der Waals surface area (Å²) >= 11 is 10.2. The minimum absolute atomic E-state index is 0.00754. The van der Waals surface area contributed by atoms with E-state index >= 15 is 0 Å². The van der Waals surface area contributed by atoms with Gasteiger partial charge in [-0.05, 0) is 67.4 Å². The molecule has 0 radical (unpaired) electrons. The Balaban J connectivity index is 1.65. The number of esters is 2. The number of hydrogen-bond acceptors (Lipinski definition) is 9. The molecule has 49 heavy (non-hydrogen) atoms. The van der Waals surface area contributed by atoms with Crippen LogP contribution in [0.1, 0.15) is 46.9 Å². The van der Waals surface area contributed by atoms with E-state index in [0.717, 1.165) is 4.57 Å². The Morgan fingerprint density at radius 3 is 2.29 bits per heavy atom. The molecule has 0 saturated carbocycles. The lowest BCUT2D eigenvalue weighted by Crippen LogP contribution is -2.41. The second-order valence-electron chi connectivity index (χ2n) is 10.3. The van der Waals surface area contributed by atoms with Crippen LogP contribution in [0.15, 0.2) is 86.2 Å². The quantitative estimate of drug-likeness (QED) is 0.169. The molecule has 4 aromatic rings. The van der Waals surface area contributed by atoms with Gasteiger partial charge < -0.3 is 18.9 Å². The molecule has 15 heteroatoms. The number of halogens is 5. The summed E-state index contributed by atoms with van der Waals surface area (Å²) in [5, 5.41) is 0.306. The lowest BCUT2D eigenvalue weighted by atomic mass is 9.95. The Hall–Kier alpha value is -4.40. The van der Waals surface area contributed by atoms with Gasteiger partial charge in [0, 0.05) is 15.1 Å². The topological polar surface area (TPSA) is 105 Å². The molecule has 0 aliphatic carbocycles. The van der Waals surface area contributed by atoms with Crippen molar-refractivity contribution in [3.63, 3.8) is 0 Å². The highest BCUT2D eigenvalue weighted by Crippen LogP contribution is 2.39. The van der Waals surface area contributed by atoms with E-state index < -0.39 is 41.0 Å². The van der Waals surface area contributed by atoms with Crippen molar-refractivity contribution in [3.8, 4) is 11.5 Å². The molecule has 1 atom stereocenters. The third-order valence-electron chi connectivity index (χ3n) is 7.18. The van der Waals surface area contributed by atoms with Crippen LogP contribution in [0.5, 0.6) is 11.5 Å². The fourth-order valence-corrected chi connectivity index (χ4v) is 6.62. The number of carbonyl (C=O) groups excluding carboxylic acids is 2. The first-order valence-electron chi connectivity index (χ1n) is 14.7. The Labute approximate surface area is 295 Å². The summed E-state index contributed by atoms with van der Waals surface area (Å²) in [7, 11) is 1.43. The Kier molecular flexibility index (Phi) is 11.0. The van der Waals surface area contributed by atoms with Gasteiger partial charge in [-0.2, -0.15) is 13.2 Å². The average molecular weight is 780 g/mol. The van der Waals surface area contributed by atoms with Gasteiger partial charge in [0.2, 0.25) is 0 Å². The standard InChI is InChI=1S/C34H27BrClF3N2O7S/c1-4-46-31(43)20-8-6-18(7-9-20)17-48-28-21(14-22(35)16-24(28)45-3)15-25-30(42)41-27(19-10-12-23(36)13-11-19)26(32(44)47-5-2)29(34(37,38)39)40-33(41)49-25/h6-16,27H,4-5,17H2,1-3H3/b25-15-/t27-/m1/s1. The number of aromatic nitrogens is 1. The van der Waals surface area contributed by atoms with E-state index in [4.69, 9.17) is 30.5 Å². The SMILES string of the molecule is CCOC(=O)C1=C(C(F)(F)F)N=c2s/c(=C\c3cc(Br)cc(OC)c3OCc3ccc(C(=O)OCC)cc3)c(=O)n2[C@@H]1c1ccc(Cl)cc1. The summed E-state index contributed by atoms with van der Waals surface area (Å²) in [6, 6.07) is 14.2. The maximum absolute atomic E-state index is 14.5. The molecule has 0 saturated heterocycles. The molecule has 2 heterocycles. The van der Waals surface area contributed by atoms with Crippen molar-refractivity contribution in [3.05, 3.63) is 123 Å². The Morgan fingerprint density at radius 2 is 1.67 bits per heavy atom. The summed E-state index contributed by atoms with van der Waals surface area (Å²) < 4.78 is 66.8. The average Bonchev–Trinajstić information content (AvgIpc) is 3.37. The molecule has 0 N–H and O–H groups in total. The van der Waals surface area contributed by atoms with E-state index in [0.29, 0.717) is 43.3 Å². The highest BCUT2D eigenvalue weighted by molar-refractivity contribution is 9.10. The number of carbonyl (C=O) groups is 2. The Bertz CT molecular complexity index is 2110. The lowest BCUT2D eigenvalue weighted by molar-refractivity contribution is -0.140. The van der Waals surface area contributed by atoms with Gasteiger partial charge in [-0.3, -0.25) is 9.36 Å². The smallest absolute Gasteiger partial charge is 0.434 e. The van der Waals surface area contributed by atoms with Crippen LogP contribution in [-0.4, -0.2) is 43.0 Å². The molecule has 0 bridgehead atoms. The van der Waals surface area contributed by atoms with Gasteiger partial charge in [-0.1, -0.05) is 63.1 Å². The molecule has 256 valence electrons. The summed E-state index contributed by atoms with van der Waals surface area (Å²) in [6.45, 7) is 3.25. The van der Waals surface area contributed by atoms with Crippen LogP contribution in [-0.2, 0) is 20.9 Å². The zero-order chi connectivity index (χ0) is 35.5. The van der Waals surface area contributed by atoms with E-state index in [1.165, 1.54) is 44.4 Å². The molecule has 5 rings (SSSR count). The molecule has 0 spiro atoms. The molecule has 1 aromatic heterocycles. The first-order valence-corrected chi connectivity index (χ1v) is 16.7. The molecule has 1 aliphatic rings. The van der Waals surface area contributed by atoms with Gasteiger partial charge in [0.25, 0.3) is 5.56 Å². The van der Waals surface area contributed by atoms with E-state index in [1.807, 2.05) is 0 Å². The monoisotopic (exact) mass is 778 g/mol. The summed E-state index contributed by atoms with van der Waals surface area (Å²) in [5.74, 6) is -1.16. The van der Waals surface area contributed by atoms with Crippen molar-refractivity contribution < 1.29 is 41.7 Å². The Morgan fingerprint density at radius 1 is 1.02 bits per heavy atom. The van der Waals surface area contributed by atoms with Gasteiger partial charge in [0.1, 0.15) is 6.61 Å². The number of methoxy groups -OCH3 is 1. The van der Waals surface area contributed by atoms with Crippen molar-refractivity contribution in [2.45, 2.75) is 32.7 Å². The number of benzene rings is 3. The zero-order valence-electron chi connectivity index (χ0n) is 26.1. The van der Waals surface area contributed by atoms with Crippen LogP contribution in [0.25, 0.3) is 6.08 Å². The van der Waals surface area contributed by atoms with Crippen molar-refractivity contribution in [1.29, 1.82) is 0 Å². The van der Waals surface area contributed by atoms with Crippen LogP contribution in [0.3, 0.4) is 0 Å². The molecule has 0 fully saturated rings. The highest BCUT2D eigenvalue weighted by Gasteiger charge is 2.45. The van der Waals surface area contributed by atoms with Crippen LogP contribution < -0.4 is 24.4 Å². The van der Waals surface area contributed by atoms with Crippen LogP contribution >= 0.6 is 38.9 Å².